The maximum atomic E-state index is 13.3. The van der Waals surface area contributed by atoms with E-state index in [0.717, 1.165) is 18.2 Å². The molecule has 0 saturated heterocycles. The largest absolute Gasteiger partial charge is 0.489 e. The van der Waals surface area contributed by atoms with Crippen LogP contribution < -0.4 is 10.5 Å². The lowest BCUT2D eigenvalue weighted by Gasteiger charge is -2.56. The quantitative estimate of drug-likeness (QED) is 0.295. The molecule has 4 unspecified atom stereocenters. The first-order chi connectivity index (χ1) is 21.6. The second-order valence-corrected chi connectivity index (χ2v) is 16.7. The third kappa shape index (κ3) is 5.75. The van der Waals surface area contributed by atoms with Crippen molar-refractivity contribution in [3.63, 3.8) is 0 Å². The predicted octanol–water partition coefficient (Wildman–Crippen LogP) is 5.30. The topological polar surface area (TPSA) is 140 Å². The molecule has 10 heteroatoms. The number of para-hydroxylation sites is 1. The van der Waals surface area contributed by atoms with E-state index in [2.05, 4.69) is 31.6 Å². The van der Waals surface area contributed by atoms with Gasteiger partial charge in [-0.05, 0) is 100 Å². The predicted molar refractivity (Wildman–Crippen MR) is 181 cm³/mol. The maximum absolute atomic E-state index is 13.3. The van der Waals surface area contributed by atoms with Crippen LogP contribution in [0.2, 0.25) is 0 Å². The molecule has 2 aliphatic heterocycles. The van der Waals surface area contributed by atoms with Gasteiger partial charge in [-0.2, -0.15) is 0 Å². The van der Waals surface area contributed by atoms with Crippen LogP contribution in [0, 0.1) is 41.4 Å². The van der Waals surface area contributed by atoms with Crippen LogP contribution in [0.25, 0.3) is 5.76 Å². The van der Waals surface area contributed by atoms with Crippen molar-refractivity contribution in [2.45, 2.75) is 109 Å². The highest BCUT2D eigenvalue weighted by Gasteiger charge is 2.72. The van der Waals surface area contributed by atoms with Gasteiger partial charge in [0.25, 0.3) is 10.0 Å². The summed E-state index contributed by atoms with van der Waals surface area (Å²) in [6.07, 6.45) is 5.48. The molecule has 0 radical (unpaired) electrons. The van der Waals surface area contributed by atoms with Gasteiger partial charge in [0, 0.05) is 43.1 Å². The van der Waals surface area contributed by atoms with Gasteiger partial charge in [0.2, 0.25) is 0 Å². The molecule has 3 saturated carbocycles. The van der Waals surface area contributed by atoms with E-state index in [-0.39, 0.29) is 54.1 Å². The summed E-state index contributed by atoms with van der Waals surface area (Å²) in [6.45, 7) is 12.1. The Bertz CT molecular complexity index is 1430. The van der Waals surface area contributed by atoms with Crippen molar-refractivity contribution < 1.29 is 32.8 Å². The lowest BCUT2D eigenvalue weighted by molar-refractivity contribution is -0.257. The number of sulfonamides is 1. The second-order valence-electron chi connectivity index (χ2n) is 15.1. The Labute approximate surface area is 276 Å². The van der Waals surface area contributed by atoms with Crippen LogP contribution in [0.5, 0.6) is 0 Å². The summed E-state index contributed by atoms with van der Waals surface area (Å²) in [6, 6.07) is 7.30. The minimum atomic E-state index is -3.73. The van der Waals surface area contributed by atoms with Crippen molar-refractivity contribution in [2.75, 3.05) is 18.9 Å². The lowest BCUT2D eigenvalue weighted by atomic mass is 9.57. The highest BCUT2D eigenvalue weighted by Crippen LogP contribution is 2.63. The summed E-state index contributed by atoms with van der Waals surface area (Å²) in [7, 11) is -0.469. The van der Waals surface area contributed by atoms with E-state index in [9.17, 15) is 18.6 Å². The molecule has 0 amide bonds. The van der Waals surface area contributed by atoms with Crippen LogP contribution in [-0.4, -0.2) is 67.9 Å². The van der Waals surface area contributed by atoms with E-state index in [0.29, 0.717) is 29.9 Å². The average Bonchev–Trinajstić information content (AvgIpc) is 3.26. The average molecular weight is 661 g/mol. The van der Waals surface area contributed by atoms with E-state index in [4.69, 9.17) is 19.9 Å². The zero-order valence-corrected chi connectivity index (χ0v) is 29.6. The molecule has 3 aliphatic carbocycles. The number of nitrogens with one attached hydrogen (secondary N) is 1. The van der Waals surface area contributed by atoms with Crippen LogP contribution in [-0.2, 0) is 24.2 Å². The number of methoxy groups -OCH3 is 2. The number of nitrogens with two attached hydrogens (primary N) is 1. The lowest BCUT2D eigenvalue weighted by Crippen LogP contribution is -2.72. The maximum Gasteiger partial charge on any atom is 0.254 e. The third-order valence-corrected chi connectivity index (χ3v) is 13.5. The molecule has 0 aromatic heterocycles. The van der Waals surface area contributed by atoms with Crippen molar-refractivity contribution in [3.05, 3.63) is 47.4 Å². The highest BCUT2D eigenvalue weighted by molar-refractivity contribution is 7.95. The van der Waals surface area contributed by atoms with Gasteiger partial charge in [-0.1, -0.05) is 39.0 Å². The second kappa shape index (κ2) is 12.8. The summed E-state index contributed by atoms with van der Waals surface area (Å²) in [5, 5.41) is 27.6. The van der Waals surface area contributed by atoms with E-state index >= 15 is 0 Å². The van der Waals surface area contributed by atoms with E-state index in [1.165, 1.54) is 6.08 Å². The number of benzene rings is 1. The molecule has 6 rings (SSSR count). The first kappa shape index (κ1) is 35.4. The Morgan fingerprint density at radius 2 is 1.83 bits per heavy atom. The first-order valence-electron chi connectivity index (χ1n) is 17.0. The summed E-state index contributed by atoms with van der Waals surface area (Å²) in [5.41, 5.74) is 4.48. The minimum absolute atomic E-state index is 0.0175. The SMILES string of the molecule is C/C=C/S(=O)(=O)Nc1ccccc1C1=C[C@H]2CC[C@H](C)[C@@H](O1)C1CC([C@@]2(C)N)[C@@](O)(C[C@@H](C)OC)[C@]2(O)C(C[C@H](C)[C@@H]2OC)C1C. The van der Waals surface area contributed by atoms with Crippen molar-refractivity contribution >= 4 is 21.5 Å². The van der Waals surface area contributed by atoms with Gasteiger partial charge in [0.05, 0.1) is 17.9 Å². The van der Waals surface area contributed by atoms with Gasteiger partial charge in [-0.3, -0.25) is 4.72 Å². The summed E-state index contributed by atoms with van der Waals surface area (Å²) in [4.78, 5) is 0. The fourth-order valence-corrected chi connectivity index (χ4v) is 10.9. The summed E-state index contributed by atoms with van der Waals surface area (Å²) < 4.78 is 47.4. The Balaban J connectivity index is 1.75. The Kier molecular flexibility index (Phi) is 9.86. The number of anilines is 1. The molecule has 0 spiro atoms. The molecule has 13 atom stereocenters. The molecule has 5 aliphatic rings. The van der Waals surface area contributed by atoms with Gasteiger partial charge in [0.1, 0.15) is 23.1 Å². The third-order valence-electron chi connectivity index (χ3n) is 12.3. The number of ether oxygens (including phenoxy) is 3. The monoisotopic (exact) mass is 660 g/mol. The Hall–Kier alpha value is -1.95. The molecule has 258 valence electrons. The summed E-state index contributed by atoms with van der Waals surface area (Å²) >= 11 is 0. The number of hydrogen-bond acceptors (Lipinski definition) is 8. The molecule has 1 aromatic carbocycles. The standard InChI is InChI=1S/C36H56N2O7S/c1-9-16-46(41,42)38-29-13-11-10-12-26(29)30-18-25-15-14-21(2)32(45-30)27-19-31(34(25,6)37)35(39,20-23(4)43-7)36(40)28(24(27)5)17-22(3)33(36)44-8/h9-13,16,18,21-25,27-28,31-33,38-40H,14-15,17,19-20,37H2,1-8H3/b16-9+,30-18?/t21-,22-,23+,24?,25+,27?,28?,31?,32+,33-,34-,35-,36-/m0/s1. The molecule has 5 N–H and O–H groups in total. The zero-order chi connectivity index (χ0) is 33.8. The number of rotatable bonds is 8. The molecular weight excluding hydrogens is 604 g/mol. The van der Waals surface area contributed by atoms with Crippen molar-refractivity contribution in [3.8, 4) is 0 Å². The van der Waals surface area contributed by atoms with Crippen LogP contribution in [0.3, 0.4) is 0 Å². The first-order valence-corrected chi connectivity index (χ1v) is 18.5. The number of allylic oxidation sites excluding steroid dienone is 1. The van der Waals surface area contributed by atoms with Gasteiger partial charge < -0.3 is 30.2 Å². The van der Waals surface area contributed by atoms with Crippen LogP contribution in [0.4, 0.5) is 5.69 Å². The number of hydrogen-bond donors (Lipinski definition) is 4. The molecule has 4 bridgehead atoms. The van der Waals surface area contributed by atoms with Gasteiger partial charge in [0.15, 0.2) is 0 Å². The number of fused-ring (bicyclic) bond motifs is 4. The van der Waals surface area contributed by atoms with Crippen molar-refractivity contribution in [2.24, 2.45) is 47.2 Å². The molecular formula is C36H56N2O7S. The van der Waals surface area contributed by atoms with E-state index in [1.807, 2.05) is 26.0 Å². The molecule has 1 aromatic rings. The van der Waals surface area contributed by atoms with Crippen LogP contribution in [0.1, 0.15) is 79.2 Å². The van der Waals surface area contributed by atoms with E-state index < -0.39 is 38.8 Å². The molecule has 2 heterocycles. The minimum Gasteiger partial charge on any atom is -0.489 e. The molecule has 46 heavy (non-hydrogen) atoms. The Morgan fingerprint density at radius 3 is 2.48 bits per heavy atom. The number of aliphatic hydroxyl groups is 2. The van der Waals surface area contributed by atoms with Gasteiger partial charge in [-0.15, -0.1) is 0 Å². The molecule has 9 nitrogen and oxygen atoms in total. The van der Waals surface area contributed by atoms with Gasteiger partial charge >= 0.3 is 0 Å². The summed E-state index contributed by atoms with van der Waals surface area (Å²) in [5.74, 6) is -0.383. The zero-order valence-electron chi connectivity index (χ0n) is 28.8. The van der Waals surface area contributed by atoms with Crippen molar-refractivity contribution in [1.29, 1.82) is 0 Å². The van der Waals surface area contributed by atoms with Gasteiger partial charge in [-0.25, -0.2) is 8.42 Å². The highest BCUT2D eigenvalue weighted by atomic mass is 32.2. The van der Waals surface area contributed by atoms with Crippen molar-refractivity contribution in [1.82, 2.24) is 0 Å². The van der Waals surface area contributed by atoms with Crippen LogP contribution >= 0.6 is 0 Å². The Morgan fingerprint density at radius 1 is 1.13 bits per heavy atom. The van der Waals surface area contributed by atoms with E-state index in [1.54, 1.807) is 33.3 Å². The smallest absolute Gasteiger partial charge is 0.254 e. The van der Waals surface area contributed by atoms with Crippen LogP contribution in [0.15, 0.2) is 41.8 Å². The fourth-order valence-electron chi connectivity index (χ4n) is 9.97. The molecule has 3 fully saturated rings. The normalized spacial score (nSPS) is 43.4. The fraction of sp³-hybridized carbons (Fsp3) is 0.722.